The molecule has 0 spiro atoms. The molecular formula is C30H28ClN5O6S2. The number of hydrazine groups is 1. The summed E-state index contributed by atoms with van der Waals surface area (Å²) >= 11 is 12.6. The van der Waals surface area contributed by atoms with Crippen LogP contribution in [0.5, 0.6) is 5.75 Å². The molecule has 1 aliphatic rings. The lowest BCUT2D eigenvalue weighted by Crippen LogP contribution is -2.44. The van der Waals surface area contributed by atoms with Crippen molar-refractivity contribution in [3.8, 4) is 5.75 Å². The number of nitrogens with zero attached hydrogens (tertiary/aromatic N) is 3. The summed E-state index contributed by atoms with van der Waals surface area (Å²) in [7, 11) is 0. The molecule has 3 aromatic rings. The molecule has 3 amide bonds. The zero-order valence-corrected chi connectivity index (χ0v) is 26.3. The lowest BCUT2D eigenvalue weighted by atomic mass is 10.1. The Labute approximate surface area is 268 Å². The van der Waals surface area contributed by atoms with Crippen LogP contribution in [-0.2, 0) is 9.59 Å². The van der Waals surface area contributed by atoms with Crippen molar-refractivity contribution in [3.05, 3.63) is 97.4 Å². The molecule has 0 saturated carbocycles. The van der Waals surface area contributed by atoms with Crippen LogP contribution in [0.4, 0.5) is 17.1 Å². The number of nitrogens with one attached hydrogen (secondary N) is 2. The van der Waals surface area contributed by atoms with Gasteiger partial charge < -0.3 is 15.0 Å². The number of hydrogen-bond acceptors (Lipinski definition) is 9. The van der Waals surface area contributed by atoms with Crippen molar-refractivity contribution in [2.75, 3.05) is 29.9 Å². The third-order valence-corrected chi connectivity index (χ3v) is 8.10. The Hall–Kier alpha value is -4.46. The highest BCUT2D eigenvalue weighted by Crippen LogP contribution is 2.35. The highest BCUT2D eigenvalue weighted by Gasteiger charge is 2.34. The van der Waals surface area contributed by atoms with E-state index in [1.54, 1.807) is 36.4 Å². The second-order valence-corrected chi connectivity index (χ2v) is 11.6. The minimum atomic E-state index is -0.588. The summed E-state index contributed by atoms with van der Waals surface area (Å²) in [6.45, 7) is 6.91. The SMILES string of the molecule is CCN(CC)c1ccc(/C=C2/SC(=S)N(NC(=O)c3ccc(C)cc3Cl)C2=O)c(OCC(=O)Nc2cccc([N+](=O)[O-])c2)c1. The van der Waals surface area contributed by atoms with E-state index < -0.39 is 29.3 Å². The first-order valence-corrected chi connectivity index (χ1v) is 15.0. The van der Waals surface area contributed by atoms with Crippen LogP contribution in [0.1, 0.15) is 35.3 Å². The first kappa shape index (κ1) is 32.5. The lowest BCUT2D eigenvalue weighted by molar-refractivity contribution is -0.384. The summed E-state index contributed by atoms with van der Waals surface area (Å²) in [5.74, 6) is -1.34. The minimum absolute atomic E-state index is 0.122. The summed E-state index contributed by atoms with van der Waals surface area (Å²) in [5.41, 5.74) is 5.03. The number of non-ortho nitro benzene ring substituents is 1. The Morgan fingerprint density at radius 2 is 1.89 bits per heavy atom. The maximum atomic E-state index is 13.3. The van der Waals surface area contributed by atoms with E-state index in [-0.39, 0.29) is 31.2 Å². The smallest absolute Gasteiger partial charge is 0.285 e. The number of nitro groups is 1. The van der Waals surface area contributed by atoms with Gasteiger partial charge >= 0.3 is 0 Å². The number of aryl methyl sites for hydroxylation is 1. The number of anilines is 2. The van der Waals surface area contributed by atoms with Crippen LogP contribution in [0, 0.1) is 17.0 Å². The van der Waals surface area contributed by atoms with E-state index in [4.69, 9.17) is 28.6 Å². The van der Waals surface area contributed by atoms with Crippen molar-refractivity contribution in [2.45, 2.75) is 20.8 Å². The van der Waals surface area contributed by atoms with E-state index in [9.17, 15) is 24.5 Å². The fraction of sp³-hybridized carbons (Fsp3) is 0.200. The summed E-state index contributed by atoms with van der Waals surface area (Å²) in [4.78, 5) is 51.7. The highest BCUT2D eigenvalue weighted by molar-refractivity contribution is 8.26. The number of carbonyl (C=O) groups is 3. The molecular weight excluding hydrogens is 626 g/mol. The van der Waals surface area contributed by atoms with Crippen molar-refractivity contribution < 1.29 is 24.0 Å². The van der Waals surface area contributed by atoms with Crippen molar-refractivity contribution in [3.63, 3.8) is 0 Å². The maximum Gasteiger partial charge on any atom is 0.285 e. The second kappa shape index (κ2) is 14.3. The summed E-state index contributed by atoms with van der Waals surface area (Å²) in [6, 6.07) is 15.9. The van der Waals surface area contributed by atoms with Crippen molar-refractivity contribution >= 4 is 80.8 Å². The molecule has 0 bridgehead atoms. The van der Waals surface area contributed by atoms with Crippen molar-refractivity contribution in [2.24, 2.45) is 0 Å². The van der Waals surface area contributed by atoms with Crippen LogP contribution in [0.3, 0.4) is 0 Å². The molecule has 1 saturated heterocycles. The van der Waals surface area contributed by atoms with E-state index >= 15 is 0 Å². The van der Waals surface area contributed by atoms with Gasteiger partial charge in [0.05, 0.1) is 20.4 Å². The monoisotopic (exact) mass is 653 g/mol. The number of carbonyl (C=O) groups excluding carboxylic acids is 3. The minimum Gasteiger partial charge on any atom is -0.483 e. The number of benzene rings is 3. The third kappa shape index (κ3) is 7.73. The molecule has 3 aromatic carbocycles. The van der Waals surface area contributed by atoms with Crippen LogP contribution in [0.15, 0.2) is 65.6 Å². The van der Waals surface area contributed by atoms with Gasteiger partial charge in [-0.3, -0.25) is 29.9 Å². The molecule has 0 atom stereocenters. The number of hydrogen-bond donors (Lipinski definition) is 2. The molecule has 44 heavy (non-hydrogen) atoms. The van der Waals surface area contributed by atoms with E-state index in [1.807, 2.05) is 26.8 Å². The van der Waals surface area contributed by atoms with Gasteiger partial charge in [0.25, 0.3) is 23.4 Å². The van der Waals surface area contributed by atoms with Gasteiger partial charge in [-0.15, -0.1) is 0 Å². The van der Waals surface area contributed by atoms with Crippen molar-refractivity contribution in [1.29, 1.82) is 0 Å². The zero-order chi connectivity index (χ0) is 32.0. The predicted octanol–water partition coefficient (Wildman–Crippen LogP) is 5.97. The molecule has 1 fully saturated rings. The van der Waals surface area contributed by atoms with Crippen LogP contribution in [0.25, 0.3) is 6.08 Å². The molecule has 14 heteroatoms. The molecule has 1 heterocycles. The number of thiocarbonyl (C=S) groups is 1. The van der Waals surface area contributed by atoms with Gasteiger partial charge in [-0.25, -0.2) is 0 Å². The van der Waals surface area contributed by atoms with Gasteiger partial charge in [0, 0.05) is 48.2 Å². The first-order chi connectivity index (χ1) is 21.0. The quantitative estimate of drug-likeness (QED) is 0.111. The third-order valence-electron chi connectivity index (χ3n) is 6.49. The number of halogens is 1. The molecule has 2 N–H and O–H groups in total. The van der Waals surface area contributed by atoms with Gasteiger partial charge in [0.1, 0.15) is 5.75 Å². The number of nitro benzene ring substituents is 1. The van der Waals surface area contributed by atoms with Gasteiger partial charge in [-0.05, 0) is 75.0 Å². The number of amides is 3. The molecule has 11 nitrogen and oxygen atoms in total. The van der Waals surface area contributed by atoms with Crippen LogP contribution in [-0.4, -0.2) is 51.7 Å². The van der Waals surface area contributed by atoms with Gasteiger partial charge in [0.15, 0.2) is 10.9 Å². The fourth-order valence-corrected chi connectivity index (χ4v) is 5.75. The fourth-order valence-electron chi connectivity index (χ4n) is 4.26. The van der Waals surface area contributed by atoms with Gasteiger partial charge in [-0.1, -0.05) is 35.5 Å². The van der Waals surface area contributed by atoms with Crippen LogP contribution in [0.2, 0.25) is 5.02 Å². The van der Waals surface area contributed by atoms with Crippen LogP contribution < -0.4 is 20.4 Å². The Morgan fingerprint density at radius 1 is 1.14 bits per heavy atom. The van der Waals surface area contributed by atoms with E-state index in [0.717, 1.165) is 41.1 Å². The first-order valence-electron chi connectivity index (χ1n) is 13.4. The van der Waals surface area contributed by atoms with E-state index in [2.05, 4.69) is 15.6 Å². The highest BCUT2D eigenvalue weighted by atomic mass is 35.5. The Balaban J connectivity index is 1.55. The Bertz CT molecular complexity index is 1680. The molecule has 0 unspecified atom stereocenters. The van der Waals surface area contributed by atoms with Gasteiger partial charge in [0.2, 0.25) is 0 Å². The average Bonchev–Trinajstić information content (AvgIpc) is 3.24. The molecule has 4 rings (SSSR count). The average molecular weight is 654 g/mol. The molecule has 0 aliphatic carbocycles. The molecule has 0 aromatic heterocycles. The summed E-state index contributed by atoms with van der Waals surface area (Å²) < 4.78 is 6.03. The zero-order valence-electron chi connectivity index (χ0n) is 24.0. The number of rotatable bonds is 11. The Kier molecular flexibility index (Phi) is 10.6. The molecule has 228 valence electrons. The molecule has 1 aliphatic heterocycles. The maximum absolute atomic E-state index is 13.3. The largest absolute Gasteiger partial charge is 0.483 e. The number of ether oxygens (including phenoxy) is 1. The lowest BCUT2D eigenvalue weighted by Gasteiger charge is -2.22. The van der Waals surface area contributed by atoms with E-state index in [1.165, 1.54) is 24.3 Å². The predicted molar refractivity (Wildman–Crippen MR) is 176 cm³/mol. The second-order valence-electron chi connectivity index (χ2n) is 9.48. The van der Waals surface area contributed by atoms with Crippen LogP contribution >= 0.6 is 35.6 Å². The molecule has 0 radical (unpaired) electrons. The van der Waals surface area contributed by atoms with Gasteiger partial charge in [-0.2, -0.15) is 5.01 Å². The van der Waals surface area contributed by atoms with E-state index in [0.29, 0.717) is 11.3 Å². The normalized spacial score (nSPS) is 13.6. The topological polar surface area (TPSA) is 134 Å². The summed E-state index contributed by atoms with van der Waals surface area (Å²) in [5, 5.41) is 14.9. The standard InChI is InChI=1S/C30H28ClN5O6S2/c1-4-34(5-2)21-11-10-19(25(16-21)42-17-27(37)32-20-7-6-8-22(15-20)36(40)41)14-26-29(39)35(30(43)44-26)33-28(38)23-12-9-18(3)13-24(23)31/h6-16H,4-5,17H2,1-3H3,(H,32,37)(H,33,38)/b26-14+. The summed E-state index contributed by atoms with van der Waals surface area (Å²) in [6.07, 6.45) is 1.57. The number of thioether (sulfide) groups is 1. The Morgan fingerprint density at radius 3 is 2.57 bits per heavy atom. The van der Waals surface area contributed by atoms with Crippen molar-refractivity contribution in [1.82, 2.24) is 10.4 Å².